The summed E-state index contributed by atoms with van der Waals surface area (Å²) in [5, 5.41) is 15.3. The quantitative estimate of drug-likeness (QED) is 0.663. The van der Waals surface area contributed by atoms with Crippen LogP contribution in [0.2, 0.25) is 0 Å². The molecule has 0 radical (unpaired) electrons. The molecule has 5 nitrogen and oxygen atoms in total. The van der Waals surface area contributed by atoms with Gasteiger partial charge in [0.15, 0.2) is 0 Å². The zero-order chi connectivity index (χ0) is 15.1. The van der Waals surface area contributed by atoms with Crippen molar-refractivity contribution < 1.29 is 14.1 Å². The van der Waals surface area contributed by atoms with Crippen LogP contribution in [0.4, 0.5) is 4.79 Å². The molecule has 0 aromatic rings. The molecule has 19 heavy (non-hydrogen) atoms. The second kappa shape index (κ2) is 7.85. The van der Waals surface area contributed by atoms with Crippen LogP contribution in [0, 0.1) is 0 Å². The van der Waals surface area contributed by atoms with Crippen LogP contribution >= 0.6 is 0 Å². The third kappa shape index (κ3) is 7.52. The molecule has 0 aromatic carbocycles. The van der Waals surface area contributed by atoms with Crippen molar-refractivity contribution in [3.8, 4) is 0 Å². The zero-order valence-electron chi connectivity index (χ0n) is 12.7. The first-order chi connectivity index (χ1) is 8.64. The number of carbonyl (C=O) groups excluding carboxylic acids is 1. The van der Waals surface area contributed by atoms with Gasteiger partial charge in [0.25, 0.3) is 0 Å². The van der Waals surface area contributed by atoms with Crippen LogP contribution in [0.3, 0.4) is 0 Å². The second-order valence-electron chi connectivity index (χ2n) is 5.70. The molecule has 1 atom stereocenters. The molecule has 0 saturated carbocycles. The van der Waals surface area contributed by atoms with Gasteiger partial charge in [-0.25, -0.2) is 4.79 Å². The van der Waals surface area contributed by atoms with Gasteiger partial charge in [-0.3, -0.25) is 4.21 Å². The van der Waals surface area contributed by atoms with E-state index in [-0.39, 0.29) is 17.3 Å². The number of urea groups is 1. The SMILES string of the molecule is CCC(O)(CC)CNC(=O)NCCS(=O)C(C)(C)C. The van der Waals surface area contributed by atoms with Crippen molar-refractivity contribution >= 4 is 16.8 Å². The highest BCUT2D eigenvalue weighted by Crippen LogP contribution is 2.12. The molecule has 1 unspecified atom stereocenters. The summed E-state index contributed by atoms with van der Waals surface area (Å²) < 4.78 is 11.5. The van der Waals surface area contributed by atoms with Crippen LogP contribution in [0.5, 0.6) is 0 Å². The highest BCUT2D eigenvalue weighted by Gasteiger charge is 2.23. The van der Waals surface area contributed by atoms with Crippen molar-refractivity contribution in [3.05, 3.63) is 0 Å². The number of rotatable bonds is 7. The molecule has 0 bridgehead atoms. The van der Waals surface area contributed by atoms with Gasteiger partial charge in [0.2, 0.25) is 0 Å². The van der Waals surface area contributed by atoms with Gasteiger partial charge in [0, 0.05) is 34.4 Å². The van der Waals surface area contributed by atoms with Gasteiger partial charge >= 0.3 is 6.03 Å². The van der Waals surface area contributed by atoms with Gasteiger partial charge in [0.1, 0.15) is 0 Å². The Bertz CT molecular complexity index is 310. The van der Waals surface area contributed by atoms with Gasteiger partial charge in [0.05, 0.1) is 5.60 Å². The fraction of sp³-hybridized carbons (Fsp3) is 0.923. The largest absolute Gasteiger partial charge is 0.388 e. The highest BCUT2D eigenvalue weighted by molar-refractivity contribution is 7.86. The van der Waals surface area contributed by atoms with E-state index in [1.54, 1.807) is 0 Å². The van der Waals surface area contributed by atoms with Crippen LogP contribution in [0.25, 0.3) is 0 Å². The lowest BCUT2D eigenvalue weighted by atomic mass is 9.98. The molecule has 3 N–H and O–H groups in total. The van der Waals surface area contributed by atoms with Crippen LogP contribution in [0.15, 0.2) is 0 Å². The number of amides is 2. The minimum absolute atomic E-state index is 0.230. The number of nitrogens with one attached hydrogen (secondary N) is 2. The molecule has 0 aromatic heterocycles. The van der Waals surface area contributed by atoms with Crippen molar-refractivity contribution in [2.24, 2.45) is 0 Å². The molecule has 2 amide bonds. The van der Waals surface area contributed by atoms with E-state index in [0.29, 0.717) is 25.1 Å². The number of aliphatic hydroxyl groups is 1. The second-order valence-corrected chi connectivity index (χ2v) is 8.03. The van der Waals surface area contributed by atoms with E-state index in [0.717, 1.165) is 0 Å². The fourth-order valence-corrected chi connectivity index (χ4v) is 2.27. The van der Waals surface area contributed by atoms with Gasteiger partial charge in [-0.05, 0) is 33.6 Å². The smallest absolute Gasteiger partial charge is 0.314 e. The lowest BCUT2D eigenvalue weighted by Crippen LogP contribution is -2.46. The molecule has 0 saturated heterocycles. The first-order valence-corrected chi connectivity index (χ1v) is 8.09. The topological polar surface area (TPSA) is 78.4 Å². The minimum Gasteiger partial charge on any atom is -0.388 e. The van der Waals surface area contributed by atoms with Crippen LogP contribution < -0.4 is 10.6 Å². The Morgan fingerprint density at radius 2 is 1.68 bits per heavy atom. The average molecular weight is 292 g/mol. The Morgan fingerprint density at radius 1 is 1.16 bits per heavy atom. The first kappa shape index (κ1) is 18.4. The maximum atomic E-state index is 11.8. The monoisotopic (exact) mass is 292 g/mol. The number of hydrogen-bond donors (Lipinski definition) is 3. The summed E-state index contributed by atoms with van der Waals surface area (Å²) in [5.74, 6) is 0.433. The van der Waals surface area contributed by atoms with E-state index in [2.05, 4.69) is 10.6 Å². The van der Waals surface area contributed by atoms with Crippen molar-refractivity contribution in [2.45, 2.75) is 57.8 Å². The van der Waals surface area contributed by atoms with Gasteiger partial charge in [-0.15, -0.1) is 0 Å². The third-order valence-electron chi connectivity index (χ3n) is 3.15. The number of hydrogen-bond acceptors (Lipinski definition) is 3. The number of carbonyl (C=O) groups is 1. The van der Waals surface area contributed by atoms with E-state index in [9.17, 15) is 14.1 Å². The van der Waals surface area contributed by atoms with Crippen LogP contribution in [0.1, 0.15) is 47.5 Å². The van der Waals surface area contributed by atoms with Gasteiger partial charge in [-0.2, -0.15) is 0 Å². The van der Waals surface area contributed by atoms with Crippen molar-refractivity contribution in [1.82, 2.24) is 10.6 Å². The van der Waals surface area contributed by atoms with Crippen LogP contribution in [-0.4, -0.2) is 44.5 Å². The first-order valence-electron chi connectivity index (χ1n) is 6.77. The molecule has 0 spiro atoms. The van der Waals surface area contributed by atoms with Gasteiger partial charge < -0.3 is 15.7 Å². The summed E-state index contributed by atoms with van der Waals surface area (Å²) in [4.78, 5) is 11.5. The summed E-state index contributed by atoms with van der Waals surface area (Å²) in [7, 11) is -0.970. The Kier molecular flexibility index (Phi) is 7.59. The van der Waals surface area contributed by atoms with E-state index < -0.39 is 16.4 Å². The zero-order valence-corrected chi connectivity index (χ0v) is 13.5. The van der Waals surface area contributed by atoms with Gasteiger partial charge in [-0.1, -0.05) is 13.8 Å². The molecule has 0 heterocycles. The van der Waals surface area contributed by atoms with E-state index in [1.165, 1.54) is 0 Å². The predicted molar refractivity (Wildman–Crippen MR) is 79.7 cm³/mol. The summed E-state index contributed by atoms with van der Waals surface area (Å²) in [6.07, 6.45) is 1.19. The Labute approximate surface area is 119 Å². The van der Waals surface area contributed by atoms with Crippen molar-refractivity contribution in [1.29, 1.82) is 0 Å². The molecule has 6 heteroatoms. The van der Waals surface area contributed by atoms with Crippen molar-refractivity contribution in [3.63, 3.8) is 0 Å². The molecule has 0 fully saturated rings. The summed E-state index contributed by atoms with van der Waals surface area (Å²) in [6, 6.07) is -0.328. The molecular formula is C13H28N2O3S. The summed E-state index contributed by atoms with van der Waals surface area (Å²) in [5.41, 5.74) is -0.842. The Balaban J connectivity index is 3.92. The standard InChI is InChI=1S/C13H28N2O3S/c1-6-13(17,7-2)10-15-11(16)14-8-9-19(18)12(3,4)5/h17H,6-10H2,1-5H3,(H2,14,15,16). The van der Waals surface area contributed by atoms with E-state index in [4.69, 9.17) is 0 Å². The normalized spacial score (nSPS) is 14.0. The molecule has 0 rings (SSSR count). The molecule has 0 aliphatic carbocycles. The maximum absolute atomic E-state index is 11.8. The predicted octanol–water partition coefficient (Wildman–Crippen LogP) is 1.38. The van der Waals surface area contributed by atoms with E-state index >= 15 is 0 Å². The van der Waals surface area contributed by atoms with E-state index in [1.807, 2.05) is 34.6 Å². The maximum Gasteiger partial charge on any atom is 0.314 e. The molecule has 0 aliphatic rings. The fourth-order valence-electron chi connectivity index (χ4n) is 1.37. The minimum atomic E-state index is -0.970. The summed E-state index contributed by atoms with van der Waals surface area (Å²) in [6.45, 7) is 10.1. The summed E-state index contributed by atoms with van der Waals surface area (Å²) >= 11 is 0. The molecular weight excluding hydrogens is 264 g/mol. The highest BCUT2D eigenvalue weighted by atomic mass is 32.2. The lowest BCUT2D eigenvalue weighted by Gasteiger charge is -2.25. The van der Waals surface area contributed by atoms with Crippen LogP contribution in [-0.2, 0) is 10.8 Å². The average Bonchev–Trinajstić information content (AvgIpc) is 2.34. The Morgan fingerprint density at radius 3 is 2.11 bits per heavy atom. The third-order valence-corrected chi connectivity index (χ3v) is 5.09. The Hall–Kier alpha value is -0.620. The molecule has 0 aliphatic heterocycles. The van der Waals surface area contributed by atoms with Crippen molar-refractivity contribution in [2.75, 3.05) is 18.8 Å². The molecule has 114 valence electrons. The lowest BCUT2D eigenvalue weighted by molar-refractivity contribution is 0.0350.